The molecule has 0 saturated carbocycles. The fourth-order valence-electron chi connectivity index (χ4n) is 4.22. The van der Waals surface area contributed by atoms with E-state index < -0.39 is 11.7 Å². The van der Waals surface area contributed by atoms with Gasteiger partial charge in [0.25, 0.3) is 0 Å². The number of benzene rings is 1. The van der Waals surface area contributed by atoms with Crippen molar-refractivity contribution in [3.05, 3.63) is 59.4 Å². The molecular weight excluding hydrogens is 387 g/mol. The van der Waals surface area contributed by atoms with Crippen LogP contribution in [0, 0.1) is 17.8 Å². The van der Waals surface area contributed by atoms with E-state index in [1.807, 2.05) is 12.1 Å². The molecule has 1 aliphatic rings. The Balaban J connectivity index is 1.76. The molecule has 30 heavy (non-hydrogen) atoms. The first kappa shape index (κ1) is 22.3. The number of carbonyl (C=O) groups is 1. The third-order valence-corrected chi connectivity index (χ3v) is 5.96. The van der Waals surface area contributed by atoms with Crippen molar-refractivity contribution in [2.45, 2.75) is 52.6 Å². The molecule has 0 aliphatic heterocycles. The Morgan fingerprint density at radius 2 is 1.97 bits per heavy atom. The molecule has 2 atom stereocenters. The zero-order valence-corrected chi connectivity index (χ0v) is 17.7. The monoisotopic (exact) mass is 415 g/mol. The maximum Gasteiger partial charge on any atom is 0.416 e. The molecule has 0 N–H and O–H groups in total. The SMILES string of the molecule is CCC(C(=O)CC1C=Cc2ncc(-c3cccc(C(F)(F)F)c3)cc2CC1)C(C)C. The van der Waals surface area contributed by atoms with Crippen molar-refractivity contribution in [1.29, 1.82) is 0 Å². The van der Waals surface area contributed by atoms with Crippen LogP contribution < -0.4 is 0 Å². The predicted octanol–water partition coefficient (Wildman–Crippen LogP) is 6.98. The van der Waals surface area contributed by atoms with Crippen molar-refractivity contribution in [3.63, 3.8) is 0 Å². The minimum absolute atomic E-state index is 0.0923. The topological polar surface area (TPSA) is 30.0 Å². The second kappa shape index (κ2) is 9.15. The van der Waals surface area contributed by atoms with Gasteiger partial charge < -0.3 is 0 Å². The van der Waals surface area contributed by atoms with Gasteiger partial charge in [-0.05, 0) is 66.5 Å². The van der Waals surface area contributed by atoms with E-state index in [1.54, 1.807) is 12.3 Å². The maximum absolute atomic E-state index is 13.0. The van der Waals surface area contributed by atoms with Crippen molar-refractivity contribution >= 4 is 11.9 Å². The molecule has 5 heteroatoms. The molecule has 1 aromatic heterocycles. The lowest BCUT2D eigenvalue weighted by molar-refractivity contribution is -0.137. The first-order valence-corrected chi connectivity index (χ1v) is 10.6. The Morgan fingerprint density at radius 3 is 2.63 bits per heavy atom. The molecule has 2 nitrogen and oxygen atoms in total. The molecule has 2 aromatic rings. The molecule has 0 radical (unpaired) electrons. The lowest BCUT2D eigenvalue weighted by Crippen LogP contribution is -2.21. The van der Waals surface area contributed by atoms with Crippen LogP contribution in [0.4, 0.5) is 13.2 Å². The van der Waals surface area contributed by atoms with Gasteiger partial charge in [0.2, 0.25) is 0 Å². The minimum Gasteiger partial charge on any atom is -0.299 e. The fourth-order valence-corrected chi connectivity index (χ4v) is 4.22. The summed E-state index contributed by atoms with van der Waals surface area (Å²) in [6.07, 6.45) is 4.23. The van der Waals surface area contributed by atoms with Crippen LogP contribution in [-0.4, -0.2) is 10.8 Å². The van der Waals surface area contributed by atoms with Crippen molar-refractivity contribution < 1.29 is 18.0 Å². The van der Waals surface area contributed by atoms with Crippen molar-refractivity contribution in [2.24, 2.45) is 17.8 Å². The summed E-state index contributed by atoms with van der Waals surface area (Å²) in [6.45, 7) is 6.23. The molecule has 1 aromatic carbocycles. The molecule has 0 bridgehead atoms. The van der Waals surface area contributed by atoms with Gasteiger partial charge >= 0.3 is 6.18 Å². The second-order valence-corrected chi connectivity index (χ2v) is 8.43. The smallest absolute Gasteiger partial charge is 0.299 e. The first-order valence-electron chi connectivity index (χ1n) is 10.6. The van der Waals surface area contributed by atoms with E-state index in [4.69, 9.17) is 0 Å². The number of halogens is 3. The summed E-state index contributed by atoms with van der Waals surface area (Å²) in [6, 6.07) is 7.25. The number of alkyl halides is 3. The summed E-state index contributed by atoms with van der Waals surface area (Å²) >= 11 is 0. The van der Waals surface area contributed by atoms with Gasteiger partial charge in [0.15, 0.2) is 0 Å². The number of rotatable bonds is 6. The number of hydrogen-bond acceptors (Lipinski definition) is 2. The Hall–Kier alpha value is -2.43. The highest BCUT2D eigenvalue weighted by Gasteiger charge is 2.30. The largest absolute Gasteiger partial charge is 0.416 e. The zero-order chi connectivity index (χ0) is 21.9. The van der Waals surface area contributed by atoms with Crippen LogP contribution in [0.1, 0.15) is 56.9 Å². The van der Waals surface area contributed by atoms with E-state index in [1.165, 1.54) is 6.07 Å². The number of nitrogens with zero attached hydrogens (tertiary/aromatic N) is 1. The number of allylic oxidation sites excluding steroid dienone is 1. The molecule has 1 heterocycles. The number of hydrogen-bond donors (Lipinski definition) is 0. The number of pyridine rings is 1. The number of aromatic nitrogens is 1. The molecular formula is C25H28F3NO. The van der Waals surface area contributed by atoms with Gasteiger partial charge in [0, 0.05) is 24.1 Å². The summed E-state index contributed by atoms with van der Waals surface area (Å²) in [4.78, 5) is 17.2. The third-order valence-electron chi connectivity index (χ3n) is 5.96. The highest BCUT2D eigenvalue weighted by Crippen LogP contribution is 2.33. The first-order chi connectivity index (χ1) is 14.2. The van der Waals surface area contributed by atoms with Crippen LogP contribution in [0.2, 0.25) is 0 Å². The number of Topliss-reactive ketones (excluding diaryl/α,β-unsaturated/α-hetero) is 1. The van der Waals surface area contributed by atoms with Gasteiger partial charge in [0.1, 0.15) is 5.78 Å². The zero-order valence-electron chi connectivity index (χ0n) is 17.7. The van der Waals surface area contributed by atoms with E-state index in [0.717, 1.165) is 42.7 Å². The summed E-state index contributed by atoms with van der Waals surface area (Å²) in [5, 5.41) is 0. The lowest BCUT2D eigenvalue weighted by atomic mass is 9.84. The Morgan fingerprint density at radius 1 is 1.20 bits per heavy atom. The van der Waals surface area contributed by atoms with Crippen molar-refractivity contribution in [3.8, 4) is 11.1 Å². The van der Waals surface area contributed by atoms with Gasteiger partial charge in [-0.3, -0.25) is 9.78 Å². The van der Waals surface area contributed by atoms with Gasteiger partial charge in [-0.15, -0.1) is 0 Å². The Kier molecular flexibility index (Phi) is 6.79. The second-order valence-electron chi connectivity index (χ2n) is 8.43. The molecule has 0 spiro atoms. The van der Waals surface area contributed by atoms with Gasteiger partial charge in [0.05, 0.1) is 11.3 Å². The Bertz CT molecular complexity index is 930. The predicted molar refractivity (Wildman–Crippen MR) is 114 cm³/mol. The van der Waals surface area contributed by atoms with E-state index in [-0.39, 0.29) is 11.8 Å². The number of fused-ring (bicyclic) bond motifs is 1. The molecule has 0 amide bonds. The average Bonchev–Trinajstić information content (AvgIpc) is 2.89. The highest BCUT2D eigenvalue weighted by molar-refractivity contribution is 5.81. The molecule has 0 fully saturated rings. The maximum atomic E-state index is 13.0. The van der Waals surface area contributed by atoms with E-state index in [9.17, 15) is 18.0 Å². The van der Waals surface area contributed by atoms with Gasteiger partial charge in [-0.25, -0.2) is 0 Å². The van der Waals surface area contributed by atoms with E-state index >= 15 is 0 Å². The van der Waals surface area contributed by atoms with Crippen molar-refractivity contribution in [1.82, 2.24) is 4.98 Å². The van der Waals surface area contributed by atoms with Crippen LogP contribution in [-0.2, 0) is 17.4 Å². The van der Waals surface area contributed by atoms with E-state index in [0.29, 0.717) is 29.2 Å². The molecule has 2 unspecified atom stereocenters. The van der Waals surface area contributed by atoms with Gasteiger partial charge in [-0.2, -0.15) is 13.2 Å². The average molecular weight is 415 g/mol. The third kappa shape index (κ3) is 5.18. The molecule has 160 valence electrons. The number of ketones is 1. The van der Waals surface area contributed by atoms with Crippen LogP contribution >= 0.6 is 0 Å². The standard InChI is InChI=1S/C25H28F3NO/c1-4-22(16(2)3)24(30)12-17-8-10-19-13-20(15-29-23(19)11-9-17)18-6-5-7-21(14-18)25(26,27)28/h5-7,9,11,13-17,22H,4,8,10,12H2,1-3H3. The summed E-state index contributed by atoms with van der Waals surface area (Å²) < 4.78 is 39.1. The van der Waals surface area contributed by atoms with Crippen LogP contribution in [0.3, 0.4) is 0 Å². The van der Waals surface area contributed by atoms with Crippen LogP contribution in [0.25, 0.3) is 17.2 Å². The van der Waals surface area contributed by atoms with Crippen molar-refractivity contribution in [2.75, 3.05) is 0 Å². The highest BCUT2D eigenvalue weighted by atomic mass is 19.4. The minimum atomic E-state index is -4.37. The van der Waals surface area contributed by atoms with Crippen LogP contribution in [0.5, 0.6) is 0 Å². The Labute approximate surface area is 176 Å². The number of aryl methyl sites for hydroxylation is 1. The molecule has 1 aliphatic carbocycles. The van der Waals surface area contributed by atoms with E-state index in [2.05, 4.69) is 31.8 Å². The quantitative estimate of drug-likeness (QED) is 0.509. The summed E-state index contributed by atoms with van der Waals surface area (Å²) in [7, 11) is 0. The normalized spacial score (nSPS) is 17.5. The van der Waals surface area contributed by atoms with Crippen LogP contribution in [0.15, 0.2) is 42.6 Å². The molecule has 3 rings (SSSR count). The summed E-state index contributed by atoms with van der Waals surface area (Å²) in [5.74, 6) is 0.906. The van der Waals surface area contributed by atoms with Gasteiger partial charge in [-0.1, -0.05) is 39.0 Å². The lowest BCUT2D eigenvalue weighted by Gasteiger charge is -2.20. The fraction of sp³-hybridized carbons (Fsp3) is 0.440. The molecule has 0 saturated heterocycles. The summed E-state index contributed by atoms with van der Waals surface area (Å²) in [5.41, 5.74) is 2.35. The number of carbonyl (C=O) groups excluding carboxylic acids is 1.